The van der Waals surface area contributed by atoms with Gasteiger partial charge in [0.1, 0.15) is 0 Å². The fourth-order valence-corrected chi connectivity index (χ4v) is 3.94. The Morgan fingerprint density at radius 2 is 2.00 bits per heavy atom. The average Bonchev–Trinajstić information content (AvgIpc) is 2.87. The van der Waals surface area contributed by atoms with Gasteiger partial charge in [-0.2, -0.15) is 0 Å². The number of fused-ring (bicyclic) bond motifs is 1. The van der Waals surface area contributed by atoms with Gasteiger partial charge in [0.05, 0.1) is 10.9 Å². The monoisotopic (exact) mass is 357 g/mol. The van der Waals surface area contributed by atoms with Gasteiger partial charge in [-0.05, 0) is 37.3 Å². The lowest BCUT2D eigenvalue weighted by atomic mass is 9.96. The van der Waals surface area contributed by atoms with Gasteiger partial charge in [-0.3, -0.25) is 19.1 Å². The number of aromatic nitrogens is 2. The molecule has 1 aliphatic heterocycles. The van der Waals surface area contributed by atoms with Crippen molar-refractivity contribution in [3.05, 3.63) is 45.1 Å². The Bertz CT molecular complexity index is 884. The van der Waals surface area contributed by atoms with Gasteiger partial charge in [-0.15, -0.1) is 0 Å². The van der Waals surface area contributed by atoms with Crippen molar-refractivity contribution in [2.45, 2.75) is 52.0 Å². The van der Waals surface area contributed by atoms with Crippen LogP contribution in [0.1, 0.15) is 45.4 Å². The molecule has 6 heteroatoms. The van der Waals surface area contributed by atoms with Crippen molar-refractivity contribution in [1.29, 1.82) is 0 Å². The first-order valence-corrected chi connectivity index (χ1v) is 9.59. The number of para-hydroxylation sites is 1. The van der Waals surface area contributed by atoms with E-state index in [1.54, 1.807) is 24.3 Å². The van der Waals surface area contributed by atoms with E-state index < -0.39 is 5.69 Å². The summed E-state index contributed by atoms with van der Waals surface area (Å²) in [5.41, 5.74) is -0.268. The van der Waals surface area contributed by atoms with E-state index in [1.165, 1.54) is 23.8 Å². The van der Waals surface area contributed by atoms with Crippen LogP contribution in [0.3, 0.4) is 0 Å². The molecule has 1 aromatic heterocycles. The first kappa shape index (κ1) is 18.4. The first-order chi connectivity index (χ1) is 12.6. The highest BCUT2D eigenvalue weighted by atomic mass is 16.2. The summed E-state index contributed by atoms with van der Waals surface area (Å²) in [4.78, 5) is 41.0. The Morgan fingerprint density at radius 3 is 2.81 bits per heavy atom. The largest absolute Gasteiger partial charge is 0.343 e. The third-order valence-corrected chi connectivity index (χ3v) is 5.35. The van der Waals surface area contributed by atoms with Gasteiger partial charge in [0.25, 0.3) is 5.56 Å². The van der Waals surface area contributed by atoms with Crippen LogP contribution >= 0.6 is 0 Å². The second-order valence-corrected chi connectivity index (χ2v) is 7.14. The third kappa shape index (κ3) is 4.06. The van der Waals surface area contributed by atoms with Crippen molar-refractivity contribution in [3.8, 4) is 0 Å². The van der Waals surface area contributed by atoms with Crippen LogP contribution in [0.5, 0.6) is 0 Å². The van der Waals surface area contributed by atoms with Crippen molar-refractivity contribution >= 4 is 16.8 Å². The van der Waals surface area contributed by atoms with Crippen molar-refractivity contribution in [1.82, 2.24) is 14.5 Å². The highest BCUT2D eigenvalue weighted by molar-refractivity contribution is 5.79. The van der Waals surface area contributed by atoms with Crippen LogP contribution in [0.15, 0.2) is 33.9 Å². The Morgan fingerprint density at radius 1 is 1.19 bits per heavy atom. The quantitative estimate of drug-likeness (QED) is 0.893. The zero-order chi connectivity index (χ0) is 18.5. The molecule has 1 saturated heterocycles. The number of aromatic amines is 1. The van der Waals surface area contributed by atoms with Gasteiger partial charge < -0.3 is 4.90 Å². The SMILES string of the molecule is CCCC1CCCN(C(=O)CCn2c(=O)[nH]c(=O)c3ccccc32)CC1. The minimum atomic E-state index is -0.458. The summed E-state index contributed by atoms with van der Waals surface area (Å²) in [7, 11) is 0. The Labute approximate surface area is 152 Å². The van der Waals surface area contributed by atoms with E-state index in [-0.39, 0.29) is 24.4 Å². The van der Waals surface area contributed by atoms with E-state index in [4.69, 9.17) is 0 Å². The molecule has 2 aromatic rings. The van der Waals surface area contributed by atoms with Gasteiger partial charge in [-0.25, -0.2) is 4.79 Å². The maximum atomic E-state index is 12.6. The summed E-state index contributed by atoms with van der Waals surface area (Å²) >= 11 is 0. The molecule has 1 unspecified atom stereocenters. The molecule has 0 spiro atoms. The molecule has 1 atom stereocenters. The number of benzene rings is 1. The fourth-order valence-electron chi connectivity index (χ4n) is 3.94. The third-order valence-electron chi connectivity index (χ3n) is 5.35. The lowest BCUT2D eigenvalue weighted by Crippen LogP contribution is -2.35. The normalized spacial score (nSPS) is 18.0. The second-order valence-electron chi connectivity index (χ2n) is 7.14. The molecule has 0 bridgehead atoms. The Hall–Kier alpha value is -2.37. The number of nitrogens with one attached hydrogen (secondary N) is 1. The number of aryl methyl sites for hydroxylation is 1. The molecule has 2 heterocycles. The highest BCUT2D eigenvalue weighted by Crippen LogP contribution is 2.22. The smallest absolute Gasteiger partial charge is 0.328 e. The zero-order valence-electron chi connectivity index (χ0n) is 15.4. The van der Waals surface area contributed by atoms with Gasteiger partial charge in [-0.1, -0.05) is 31.9 Å². The number of hydrogen-bond donors (Lipinski definition) is 1. The molecular weight excluding hydrogens is 330 g/mol. The number of H-pyrrole nitrogens is 1. The molecule has 1 aliphatic rings. The van der Waals surface area contributed by atoms with Crippen LogP contribution in [0.25, 0.3) is 10.9 Å². The summed E-state index contributed by atoms with van der Waals surface area (Å²) in [6.45, 7) is 4.11. The summed E-state index contributed by atoms with van der Waals surface area (Å²) < 4.78 is 1.49. The predicted molar refractivity (Wildman–Crippen MR) is 102 cm³/mol. The number of nitrogens with zero attached hydrogens (tertiary/aromatic N) is 2. The van der Waals surface area contributed by atoms with E-state index in [1.807, 2.05) is 4.90 Å². The molecular formula is C20H27N3O3. The molecule has 1 fully saturated rings. The molecule has 0 aliphatic carbocycles. The average molecular weight is 357 g/mol. The van der Waals surface area contributed by atoms with Crippen LogP contribution in [0, 0.1) is 5.92 Å². The van der Waals surface area contributed by atoms with Crippen molar-refractivity contribution in [2.24, 2.45) is 5.92 Å². The summed E-state index contributed by atoms with van der Waals surface area (Å²) in [5, 5.41) is 0.469. The molecule has 6 nitrogen and oxygen atoms in total. The Balaban J connectivity index is 1.70. The van der Waals surface area contributed by atoms with E-state index in [0.29, 0.717) is 10.9 Å². The van der Waals surface area contributed by atoms with E-state index in [0.717, 1.165) is 31.8 Å². The van der Waals surface area contributed by atoms with Crippen molar-refractivity contribution in [3.63, 3.8) is 0 Å². The molecule has 0 saturated carbocycles. The standard InChI is InChI=1S/C20H27N3O3/c1-2-6-15-7-5-12-22(13-10-15)18(24)11-14-23-17-9-4-3-8-16(17)19(25)21-20(23)26/h3-4,8-9,15H,2,5-7,10-14H2,1H3,(H,21,25,26). The molecule has 140 valence electrons. The minimum Gasteiger partial charge on any atom is -0.343 e. The van der Waals surface area contributed by atoms with Crippen LogP contribution < -0.4 is 11.2 Å². The van der Waals surface area contributed by atoms with Gasteiger partial charge in [0.15, 0.2) is 0 Å². The summed E-state index contributed by atoms with van der Waals surface area (Å²) in [6, 6.07) is 7.00. The number of carbonyl (C=O) groups is 1. The molecule has 1 N–H and O–H groups in total. The minimum absolute atomic E-state index is 0.0873. The van der Waals surface area contributed by atoms with Gasteiger partial charge in [0, 0.05) is 26.1 Å². The maximum absolute atomic E-state index is 12.6. The summed E-state index contributed by atoms with van der Waals surface area (Å²) in [6.07, 6.45) is 6.02. The van der Waals surface area contributed by atoms with Crippen LogP contribution in [-0.4, -0.2) is 33.4 Å². The van der Waals surface area contributed by atoms with Crippen LogP contribution in [0.2, 0.25) is 0 Å². The van der Waals surface area contributed by atoms with Crippen molar-refractivity contribution < 1.29 is 4.79 Å². The highest BCUT2D eigenvalue weighted by Gasteiger charge is 2.20. The number of amides is 1. The van der Waals surface area contributed by atoms with Crippen molar-refractivity contribution in [2.75, 3.05) is 13.1 Å². The molecule has 0 radical (unpaired) electrons. The van der Waals surface area contributed by atoms with Gasteiger partial charge in [0.2, 0.25) is 5.91 Å². The lowest BCUT2D eigenvalue weighted by Gasteiger charge is -2.21. The second kappa shape index (κ2) is 8.34. The fraction of sp³-hybridized carbons (Fsp3) is 0.550. The topological polar surface area (TPSA) is 75.2 Å². The van der Waals surface area contributed by atoms with E-state index in [2.05, 4.69) is 11.9 Å². The zero-order valence-corrected chi connectivity index (χ0v) is 15.4. The molecule has 26 heavy (non-hydrogen) atoms. The lowest BCUT2D eigenvalue weighted by molar-refractivity contribution is -0.131. The number of carbonyl (C=O) groups excluding carboxylic acids is 1. The van der Waals surface area contributed by atoms with Crippen LogP contribution in [-0.2, 0) is 11.3 Å². The molecule has 1 aromatic carbocycles. The number of rotatable bonds is 5. The van der Waals surface area contributed by atoms with E-state index in [9.17, 15) is 14.4 Å². The Kier molecular flexibility index (Phi) is 5.91. The molecule has 1 amide bonds. The predicted octanol–water partition coefficient (Wildman–Crippen LogP) is 2.51. The maximum Gasteiger partial charge on any atom is 0.328 e. The number of likely N-dealkylation sites (tertiary alicyclic amines) is 1. The van der Waals surface area contributed by atoms with Gasteiger partial charge >= 0.3 is 5.69 Å². The first-order valence-electron chi connectivity index (χ1n) is 9.59. The van der Waals surface area contributed by atoms with E-state index >= 15 is 0 Å². The number of hydrogen-bond acceptors (Lipinski definition) is 3. The molecule has 3 rings (SSSR count). The summed E-state index contributed by atoms with van der Waals surface area (Å²) in [5.74, 6) is 0.813. The van der Waals surface area contributed by atoms with Crippen LogP contribution in [0.4, 0.5) is 0 Å².